The first kappa shape index (κ1) is 21.7. The van der Waals surface area contributed by atoms with Crippen LogP contribution in [0.4, 0.5) is 19.0 Å². The molecule has 1 aromatic carbocycles. The predicted octanol–water partition coefficient (Wildman–Crippen LogP) is 3.96. The van der Waals surface area contributed by atoms with Gasteiger partial charge in [-0.3, -0.25) is 9.69 Å². The second-order valence-electron chi connectivity index (χ2n) is 6.62. The highest BCUT2D eigenvalue weighted by atomic mass is 35.5. The number of nitrogens with one attached hydrogen (secondary N) is 1. The topological polar surface area (TPSA) is 48.5 Å². The molecule has 1 aliphatic rings. The molecule has 1 saturated heterocycles. The predicted molar refractivity (Wildman–Crippen MR) is 107 cm³/mol. The van der Waals surface area contributed by atoms with Gasteiger partial charge in [0.2, 0.25) is 0 Å². The van der Waals surface area contributed by atoms with Crippen LogP contribution in [-0.2, 0) is 6.18 Å². The molecule has 29 heavy (non-hydrogen) atoms. The number of hydrogen-bond donors (Lipinski definition) is 1. The van der Waals surface area contributed by atoms with Gasteiger partial charge < -0.3 is 10.2 Å². The summed E-state index contributed by atoms with van der Waals surface area (Å²) in [5, 5.41) is 3.42. The standard InChI is InChI=1S/C19H19Cl2F3N4O/c20-15-3-1-13(2-4-15)18(29)25-5-6-27-7-9-28(10-8-27)17-16(21)11-14(12-26-17)19(22,23)24/h1-4,11-12H,5-10H2,(H,25,29). The van der Waals surface area contributed by atoms with E-state index in [1.807, 2.05) is 4.90 Å². The molecule has 5 nitrogen and oxygen atoms in total. The largest absolute Gasteiger partial charge is 0.417 e. The number of aromatic nitrogens is 1. The smallest absolute Gasteiger partial charge is 0.353 e. The molecule has 1 amide bonds. The van der Waals surface area contributed by atoms with Crippen molar-refractivity contribution in [3.05, 3.63) is 57.7 Å². The summed E-state index contributed by atoms with van der Waals surface area (Å²) < 4.78 is 38.2. The molecular formula is C19H19Cl2F3N4O. The van der Waals surface area contributed by atoms with E-state index in [-0.39, 0.29) is 10.9 Å². The number of carbonyl (C=O) groups excluding carboxylic acids is 1. The molecule has 0 aliphatic carbocycles. The van der Waals surface area contributed by atoms with Gasteiger partial charge in [0.05, 0.1) is 10.6 Å². The molecule has 2 aromatic rings. The van der Waals surface area contributed by atoms with Gasteiger partial charge in [-0.1, -0.05) is 23.2 Å². The Balaban J connectivity index is 1.46. The van der Waals surface area contributed by atoms with Gasteiger partial charge in [0.15, 0.2) is 0 Å². The van der Waals surface area contributed by atoms with E-state index in [4.69, 9.17) is 23.2 Å². The highest BCUT2D eigenvalue weighted by molar-refractivity contribution is 6.33. The third-order valence-electron chi connectivity index (χ3n) is 4.64. The molecular weight excluding hydrogens is 428 g/mol. The Kier molecular flexibility index (Phi) is 6.87. The lowest BCUT2D eigenvalue weighted by atomic mass is 10.2. The zero-order chi connectivity index (χ0) is 21.0. The van der Waals surface area contributed by atoms with Crippen LogP contribution < -0.4 is 10.2 Å². The van der Waals surface area contributed by atoms with Crippen LogP contribution in [0.25, 0.3) is 0 Å². The number of carbonyl (C=O) groups is 1. The first-order valence-corrected chi connectivity index (χ1v) is 9.73. The molecule has 1 aromatic heterocycles. The lowest BCUT2D eigenvalue weighted by molar-refractivity contribution is -0.137. The zero-order valence-corrected chi connectivity index (χ0v) is 16.9. The molecule has 3 rings (SSSR count). The van der Waals surface area contributed by atoms with Crippen molar-refractivity contribution in [2.24, 2.45) is 0 Å². The summed E-state index contributed by atoms with van der Waals surface area (Å²) >= 11 is 11.8. The summed E-state index contributed by atoms with van der Waals surface area (Å²) in [5.41, 5.74) is -0.316. The van der Waals surface area contributed by atoms with Crippen LogP contribution >= 0.6 is 23.2 Å². The first-order chi connectivity index (χ1) is 13.7. The van der Waals surface area contributed by atoms with Crippen molar-refractivity contribution in [2.75, 3.05) is 44.2 Å². The highest BCUT2D eigenvalue weighted by Gasteiger charge is 2.32. The maximum absolute atomic E-state index is 12.7. The minimum atomic E-state index is -4.47. The lowest BCUT2D eigenvalue weighted by Crippen LogP contribution is -2.48. The van der Waals surface area contributed by atoms with Gasteiger partial charge in [-0.2, -0.15) is 13.2 Å². The molecule has 0 unspecified atom stereocenters. The van der Waals surface area contributed by atoms with Gasteiger partial charge in [-0.25, -0.2) is 4.98 Å². The first-order valence-electron chi connectivity index (χ1n) is 8.98. The Morgan fingerprint density at radius 2 is 1.76 bits per heavy atom. The Hall–Kier alpha value is -2.03. The molecule has 1 fully saturated rings. The third-order valence-corrected chi connectivity index (χ3v) is 5.17. The monoisotopic (exact) mass is 446 g/mol. The summed E-state index contributed by atoms with van der Waals surface area (Å²) in [5.74, 6) is 0.191. The fourth-order valence-corrected chi connectivity index (χ4v) is 3.44. The average Bonchev–Trinajstić information content (AvgIpc) is 2.68. The fraction of sp³-hybridized carbons (Fsp3) is 0.368. The molecule has 0 saturated carbocycles. The molecule has 0 bridgehead atoms. The minimum absolute atomic E-state index is 0.0106. The fourth-order valence-electron chi connectivity index (χ4n) is 3.03. The van der Waals surface area contributed by atoms with Gasteiger partial charge in [0.1, 0.15) is 5.82 Å². The molecule has 2 heterocycles. The Morgan fingerprint density at radius 3 is 2.34 bits per heavy atom. The van der Waals surface area contributed by atoms with Crippen molar-refractivity contribution in [3.8, 4) is 0 Å². The SMILES string of the molecule is O=C(NCCN1CCN(c2ncc(C(F)(F)F)cc2Cl)CC1)c1ccc(Cl)cc1. The number of nitrogens with zero attached hydrogens (tertiary/aromatic N) is 3. The minimum Gasteiger partial charge on any atom is -0.353 e. The number of rotatable bonds is 5. The Morgan fingerprint density at radius 1 is 1.10 bits per heavy atom. The van der Waals surface area contributed by atoms with Crippen molar-refractivity contribution in [3.63, 3.8) is 0 Å². The molecule has 0 spiro atoms. The van der Waals surface area contributed by atoms with E-state index in [1.54, 1.807) is 24.3 Å². The molecule has 1 N–H and O–H groups in total. The lowest BCUT2D eigenvalue weighted by Gasteiger charge is -2.35. The molecule has 0 radical (unpaired) electrons. The van der Waals surface area contributed by atoms with E-state index in [2.05, 4.69) is 15.2 Å². The zero-order valence-electron chi connectivity index (χ0n) is 15.3. The molecule has 0 atom stereocenters. The number of benzene rings is 1. The molecule has 156 valence electrons. The maximum Gasteiger partial charge on any atom is 0.417 e. The van der Waals surface area contributed by atoms with Gasteiger partial charge >= 0.3 is 6.18 Å². The number of alkyl halides is 3. The number of pyridine rings is 1. The molecule has 1 aliphatic heterocycles. The number of halogens is 5. The van der Waals surface area contributed by atoms with Crippen molar-refractivity contribution in [1.82, 2.24) is 15.2 Å². The summed E-state index contributed by atoms with van der Waals surface area (Å²) in [4.78, 5) is 20.0. The average molecular weight is 447 g/mol. The Labute approximate surface area is 176 Å². The van der Waals surface area contributed by atoms with Gasteiger partial charge in [-0.15, -0.1) is 0 Å². The van der Waals surface area contributed by atoms with Crippen molar-refractivity contribution in [1.29, 1.82) is 0 Å². The van der Waals surface area contributed by atoms with Crippen molar-refractivity contribution >= 4 is 34.9 Å². The Bertz CT molecular complexity index is 854. The summed E-state index contributed by atoms with van der Waals surface area (Å²) in [6.45, 7) is 3.71. The van der Waals surface area contributed by atoms with Crippen molar-refractivity contribution in [2.45, 2.75) is 6.18 Å². The maximum atomic E-state index is 12.7. The van der Waals surface area contributed by atoms with Crippen LogP contribution in [0.15, 0.2) is 36.5 Å². The number of piperazine rings is 1. The number of amides is 1. The van der Waals surface area contributed by atoms with Crippen LogP contribution in [-0.4, -0.2) is 55.1 Å². The second kappa shape index (κ2) is 9.19. The van der Waals surface area contributed by atoms with Crippen LogP contribution in [0.2, 0.25) is 10.0 Å². The summed E-state index contributed by atoms with van der Waals surface area (Å²) in [6, 6.07) is 7.56. The quantitative estimate of drug-likeness (QED) is 0.754. The van der Waals surface area contributed by atoms with E-state index in [1.165, 1.54) is 0 Å². The van der Waals surface area contributed by atoms with E-state index < -0.39 is 11.7 Å². The second-order valence-corrected chi connectivity index (χ2v) is 7.46. The van der Waals surface area contributed by atoms with Gasteiger partial charge in [-0.05, 0) is 30.3 Å². The summed E-state index contributed by atoms with van der Waals surface area (Å²) in [7, 11) is 0. The van der Waals surface area contributed by atoms with Gasteiger partial charge in [0, 0.05) is 56.1 Å². The number of anilines is 1. The van der Waals surface area contributed by atoms with E-state index in [0.717, 1.165) is 12.3 Å². The van der Waals surface area contributed by atoms with E-state index in [9.17, 15) is 18.0 Å². The van der Waals surface area contributed by atoms with Crippen LogP contribution in [0, 0.1) is 0 Å². The summed E-state index contributed by atoms with van der Waals surface area (Å²) in [6.07, 6.45) is -3.66. The van der Waals surface area contributed by atoms with Crippen LogP contribution in [0.5, 0.6) is 0 Å². The number of hydrogen-bond acceptors (Lipinski definition) is 4. The van der Waals surface area contributed by atoms with Crippen LogP contribution in [0.1, 0.15) is 15.9 Å². The normalized spacial score (nSPS) is 15.4. The van der Waals surface area contributed by atoms with E-state index >= 15 is 0 Å². The van der Waals surface area contributed by atoms with Crippen LogP contribution in [0.3, 0.4) is 0 Å². The van der Waals surface area contributed by atoms with Gasteiger partial charge in [0.25, 0.3) is 5.91 Å². The highest BCUT2D eigenvalue weighted by Crippen LogP contribution is 2.33. The molecule has 10 heteroatoms. The third kappa shape index (κ3) is 5.74. The van der Waals surface area contributed by atoms with E-state index in [0.29, 0.717) is 55.7 Å². The van der Waals surface area contributed by atoms with Crippen molar-refractivity contribution < 1.29 is 18.0 Å².